The fourth-order valence-electron chi connectivity index (χ4n) is 1.72. The van der Waals surface area contributed by atoms with E-state index in [9.17, 15) is 8.78 Å². The van der Waals surface area contributed by atoms with Gasteiger partial charge in [0.05, 0.1) is 0 Å². The molecule has 0 saturated carbocycles. The minimum Gasteiger partial charge on any atom is -0.332 e. The maximum Gasteiger partial charge on any atom is 0.175 e. The van der Waals surface area contributed by atoms with Crippen molar-refractivity contribution < 1.29 is 8.78 Å². The zero-order valence-corrected chi connectivity index (χ0v) is 11.9. The second-order valence-electron chi connectivity index (χ2n) is 4.50. The van der Waals surface area contributed by atoms with Gasteiger partial charge in [-0.1, -0.05) is 6.07 Å². The Morgan fingerprint density at radius 1 is 0.950 bits per heavy atom. The van der Waals surface area contributed by atoms with E-state index in [1.807, 2.05) is 0 Å². The van der Waals surface area contributed by atoms with Crippen LogP contribution in [0.1, 0.15) is 11.1 Å². The molecule has 0 unspecified atom stereocenters. The van der Waals surface area contributed by atoms with Crippen LogP contribution in [0.2, 0.25) is 0 Å². The average Bonchev–Trinajstić information content (AvgIpc) is 2.37. The number of benzene rings is 2. The van der Waals surface area contributed by atoms with E-state index in [0.29, 0.717) is 22.1 Å². The Bertz CT molecular complexity index is 656. The Hall–Kier alpha value is -2.01. The summed E-state index contributed by atoms with van der Waals surface area (Å²) in [5.41, 5.74) is 2.58. The van der Waals surface area contributed by atoms with Gasteiger partial charge in [-0.2, -0.15) is 0 Å². The predicted octanol–water partition coefficient (Wildman–Crippen LogP) is 4.39. The Balaban J connectivity index is 2.07. The number of thiocarbonyl (C=S) groups is 1. The lowest BCUT2D eigenvalue weighted by molar-refractivity contribution is 0.619. The molecule has 5 heteroatoms. The third-order valence-corrected chi connectivity index (χ3v) is 3.07. The van der Waals surface area contributed by atoms with Gasteiger partial charge in [-0.3, -0.25) is 0 Å². The van der Waals surface area contributed by atoms with Crippen molar-refractivity contribution in [1.82, 2.24) is 0 Å². The van der Waals surface area contributed by atoms with Crippen LogP contribution in [0.4, 0.5) is 20.2 Å². The molecule has 0 heterocycles. The van der Waals surface area contributed by atoms with Gasteiger partial charge in [0.15, 0.2) is 5.11 Å². The van der Waals surface area contributed by atoms with Gasteiger partial charge in [0.2, 0.25) is 0 Å². The van der Waals surface area contributed by atoms with Crippen molar-refractivity contribution in [1.29, 1.82) is 0 Å². The van der Waals surface area contributed by atoms with Crippen LogP contribution in [0.15, 0.2) is 36.4 Å². The van der Waals surface area contributed by atoms with Crippen molar-refractivity contribution in [2.45, 2.75) is 13.8 Å². The fraction of sp³-hybridized carbons (Fsp3) is 0.133. The van der Waals surface area contributed by atoms with Crippen LogP contribution < -0.4 is 10.6 Å². The molecule has 0 atom stereocenters. The second-order valence-corrected chi connectivity index (χ2v) is 4.91. The van der Waals surface area contributed by atoms with Crippen LogP contribution in [0, 0.1) is 25.5 Å². The highest BCUT2D eigenvalue weighted by molar-refractivity contribution is 7.80. The molecule has 0 saturated heterocycles. The van der Waals surface area contributed by atoms with Crippen molar-refractivity contribution in [3.63, 3.8) is 0 Å². The van der Waals surface area contributed by atoms with Crippen LogP contribution in [0.25, 0.3) is 0 Å². The molecule has 0 aliphatic carbocycles. The molecule has 0 bridgehead atoms. The standard InChI is InChI=1S/C15H14F2N2S/c1-9-3-5-12(8-13(9)17)18-15(20)19-14-6-4-11(16)7-10(14)2/h3-8H,1-2H3,(H2,18,19,20). The largest absolute Gasteiger partial charge is 0.332 e. The number of hydrogen-bond donors (Lipinski definition) is 2. The SMILES string of the molecule is Cc1ccc(NC(=S)Nc2ccc(F)cc2C)cc1F. The van der Waals surface area contributed by atoms with E-state index in [2.05, 4.69) is 10.6 Å². The zero-order valence-electron chi connectivity index (χ0n) is 11.1. The maximum atomic E-state index is 13.4. The first-order chi connectivity index (χ1) is 9.45. The van der Waals surface area contributed by atoms with E-state index >= 15 is 0 Å². The Kier molecular flexibility index (Phi) is 4.29. The molecule has 2 aromatic carbocycles. The zero-order chi connectivity index (χ0) is 14.7. The lowest BCUT2D eigenvalue weighted by Gasteiger charge is -2.13. The highest BCUT2D eigenvalue weighted by atomic mass is 32.1. The molecule has 104 valence electrons. The summed E-state index contributed by atoms with van der Waals surface area (Å²) >= 11 is 5.15. The van der Waals surface area contributed by atoms with Crippen molar-refractivity contribution in [2.75, 3.05) is 10.6 Å². The lowest BCUT2D eigenvalue weighted by Crippen LogP contribution is -2.19. The van der Waals surface area contributed by atoms with Crippen molar-refractivity contribution in [2.24, 2.45) is 0 Å². The number of rotatable bonds is 2. The summed E-state index contributed by atoms with van der Waals surface area (Å²) in [5, 5.41) is 6.16. The summed E-state index contributed by atoms with van der Waals surface area (Å²) in [6, 6.07) is 9.16. The highest BCUT2D eigenvalue weighted by Gasteiger charge is 2.04. The first kappa shape index (κ1) is 14.4. The number of anilines is 2. The predicted molar refractivity (Wildman–Crippen MR) is 82.1 cm³/mol. The molecule has 0 spiro atoms. The Labute approximate surface area is 121 Å². The van der Waals surface area contributed by atoms with E-state index in [1.165, 1.54) is 18.2 Å². The molecule has 2 aromatic rings. The third kappa shape index (κ3) is 3.51. The van der Waals surface area contributed by atoms with Gasteiger partial charge in [-0.15, -0.1) is 0 Å². The van der Waals surface area contributed by atoms with Crippen LogP contribution in [-0.4, -0.2) is 5.11 Å². The molecule has 0 aliphatic rings. The number of halogens is 2. The maximum absolute atomic E-state index is 13.4. The topological polar surface area (TPSA) is 24.1 Å². The molecule has 0 amide bonds. The summed E-state index contributed by atoms with van der Waals surface area (Å²) < 4.78 is 26.4. The lowest BCUT2D eigenvalue weighted by atomic mass is 10.2. The highest BCUT2D eigenvalue weighted by Crippen LogP contribution is 2.17. The quantitative estimate of drug-likeness (QED) is 0.803. The molecule has 0 radical (unpaired) electrons. The second kappa shape index (κ2) is 5.96. The number of nitrogens with one attached hydrogen (secondary N) is 2. The van der Waals surface area contributed by atoms with Crippen LogP contribution >= 0.6 is 12.2 Å². The summed E-state index contributed by atoms with van der Waals surface area (Å²) in [6.07, 6.45) is 0. The number of aryl methyl sites for hydroxylation is 2. The Morgan fingerprint density at radius 3 is 2.35 bits per heavy atom. The van der Waals surface area contributed by atoms with E-state index in [-0.39, 0.29) is 11.6 Å². The van der Waals surface area contributed by atoms with Gasteiger partial charge in [0, 0.05) is 11.4 Å². The van der Waals surface area contributed by atoms with Gasteiger partial charge in [-0.05, 0) is 67.5 Å². The Morgan fingerprint density at radius 2 is 1.70 bits per heavy atom. The average molecular weight is 292 g/mol. The summed E-state index contributed by atoms with van der Waals surface area (Å²) in [7, 11) is 0. The molecular formula is C15H14F2N2S. The number of hydrogen-bond acceptors (Lipinski definition) is 1. The van der Waals surface area contributed by atoms with E-state index in [4.69, 9.17) is 12.2 Å². The molecule has 0 aliphatic heterocycles. The fourth-order valence-corrected chi connectivity index (χ4v) is 1.95. The molecule has 0 aromatic heterocycles. The molecule has 2 rings (SSSR count). The molecule has 20 heavy (non-hydrogen) atoms. The van der Waals surface area contributed by atoms with E-state index < -0.39 is 0 Å². The van der Waals surface area contributed by atoms with Gasteiger partial charge < -0.3 is 10.6 Å². The summed E-state index contributed by atoms with van der Waals surface area (Å²) in [5.74, 6) is -0.594. The van der Waals surface area contributed by atoms with E-state index in [0.717, 1.165) is 5.56 Å². The molecule has 2 nitrogen and oxygen atoms in total. The van der Waals surface area contributed by atoms with Crippen LogP contribution in [-0.2, 0) is 0 Å². The minimum absolute atomic E-state index is 0.296. The van der Waals surface area contributed by atoms with Gasteiger partial charge in [0.1, 0.15) is 11.6 Å². The first-order valence-electron chi connectivity index (χ1n) is 6.06. The van der Waals surface area contributed by atoms with Crippen molar-refractivity contribution in [3.8, 4) is 0 Å². The smallest absolute Gasteiger partial charge is 0.175 e. The van der Waals surface area contributed by atoms with Gasteiger partial charge in [-0.25, -0.2) is 8.78 Å². The molecular weight excluding hydrogens is 278 g/mol. The van der Waals surface area contributed by atoms with Gasteiger partial charge >= 0.3 is 0 Å². The van der Waals surface area contributed by atoms with Gasteiger partial charge in [0.25, 0.3) is 0 Å². The third-order valence-electron chi connectivity index (χ3n) is 2.87. The van der Waals surface area contributed by atoms with Crippen molar-refractivity contribution >= 4 is 28.7 Å². The van der Waals surface area contributed by atoms with E-state index in [1.54, 1.807) is 32.0 Å². The van der Waals surface area contributed by atoms with Crippen LogP contribution in [0.3, 0.4) is 0 Å². The summed E-state index contributed by atoms with van der Waals surface area (Å²) in [4.78, 5) is 0. The normalized spacial score (nSPS) is 10.2. The molecule has 2 N–H and O–H groups in total. The minimum atomic E-state index is -0.299. The molecule has 0 fully saturated rings. The van der Waals surface area contributed by atoms with Crippen molar-refractivity contribution in [3.05, 3.63) is 59.2 Å². The monoisotopic (exact) mass is 292 g/mol. The first-order valence-corrected chi connectivity index (χ1v) is 6.47. The van der Waals surface area contributed by atoms with Crippen LogP contribution in [0.5, 0.6) is 0 Å². The summed E-state index contributed by atoms with van der Waals surface area (Å²) in [6.45, 7) is 3.47.